The highest BCUT2D eigenvalue weighted by Crippen LogP contribution is 2.35. The Morgan fingerprint density at radius 2 is 1.83 bits per heavy atom. The van der Waals surface area contributed by atoms with Gasteiger partial charge in [0, 0.05) is 30.9 Å². The van der Waals surface area contributed by atoms with Crippen LogP contribution in [0.2, 0.25) is 0 Å². The molecule has 0 radical (unpaired) electrons. The number of carbonyl (C=O) groups excluding carboxylic acids is 3. The third-order valence-corrected chi connectivity index (χ3v) is 8.85. The first-order chi connectivity index (χ1) is 20.0. The zero-order valence-electron chi connectivity index (χ0n) is 23.3. The summed E-state index contributed by atoms with van der Waals surface area (Å²) < 4.78 is 41.9. The van der Waals surface area contributed by atoms with Crippen LogP contribution >= 0.6 is 0 Å². The Kier molecular flexibility index (Phi) is 7.02. The lowest BCUT2D eigenvalue weighted by Crippen LogP contribution is -2.45. The van der Waals surface area contributed by atoms with Gasteiger partial charge in [0.15, 0.2) is 5.69 Å². The molecule has 12 heteroatoms. The van der Waals surface area contributed by atoms with Gasteiger partial charge in [0.25, 0.3) is 11.8 Å². The van der Waals surface area contributed by atoms with Gasteiger partial charge in [0.1, 0.15) is 5.82 Å². The van der Waals surface area contributed by atoms with E-state index in [1.165, 1.54) is 6.07 Å². The van der Waals surface area contributed by atoms with E-state index in [0.29, 0.717) is 30.8 Å². The Bertz CT molecular complexity index is 1560. The zero-order valence-corrected chi connectivity index (χ0v) is 23.3. The number of aryl methyl sites for hydroxylation is 2. The molecule has 2 aromatic heterocycles. The van der Waals surface area contributed by atoms with E-state index in [4.69, 9.17) is 0 Å². The molecule has 6 rings (SSSR count). The fourth-order valence-electron chi connectivity index (χ4n) is 6.58. The van der Waals surface area contributed by atoms with Crippen molar-refractivity contribution >= 4 is 17.8 Å². The molecular weight excluding hydrogens is 549 g/mol. The minimum atomic E-state index is -4.75. The molecule has 1 fully saturated rings. The summed E-state index contributed by atoms with van der Waals surface area (Å²) in [6.45, 7) is 2.37. The molecule has 0 spiro atoms. The number of alkyl halides is 3. The van der Waals surface area contributed by atoms with Crippen molar-refractivity contribution < 1.29 is 27.6 Å². The minimum Gasteiger partial charge on any atom is -0.345 e. The van der Waals surface area contributed by atoms with Gasteiger partial charge in [-0.2, -0.15) is 13.2 Å². The monoisotopic (exact) mass is 580 g/mol. The maximum absolute atomic E-state index is 13.5. The highest BCUT2D eigenvalue weighted by Gasteiger charge is 2.39. The second-order valence-electron chi connectivity index (χ2n) is 11.3. The summed E-state index contributed by atoms with van der Waals surface area (Å²) in [7, 11) is 1.78. The number of hydrogen-bond donors (Lipinski definition) is 1. The Balaban J connectivity index is 1.10. The highest BCUT2D eigenvalue weighted by molar-refractivity contribution is 5.96. The molecule has 220 valence electrons. The van der Waals surface area contributed by atoms with Gasteiger partial charge in [-0.25, -0.2) is 9.78 Å². The molecule has 3 amide bonds. The second-order valence-corrected chi connectivity index (χ2v) is 11.3. The number of hydrogen-bond acceptors (Lipinski definition) is 5. The summed E-state index contributed by atoms with van der Waals surface area (Å²) in [5.74, 6) is -0.315. The molecule has 1 atom stereocenters. The van der Waals surface area contributed by atoms with Crippen LogP contribution in [0.25, 0.3) is 0 Å². The van der Waals surface area contributed by atoms with Crippen LogP contribution in [0.3, 0.4) is 0 Å². The molecular formula is C30H31F3N6O3. The molecule has 3 heterocycles. The van der Waals surface area contributed by atoms with E-state index < -0.39 is 29.4 Å². The van der Waals surface area contributed by atoms with E-state index >= 15 is 0 Å². The molecule has 0 bridgehead atoms. The van der Waals surface area contributed by atoms with Crippen molar-refractivity contribution in [2.45, 2.75) is 76.3 Å². The van der Waals surface area contributed by atoms with E-state index in [2.05, 4.69) is 15.3 Å². The predicted molar refractivity (Wildman–Crippen MR) is 146 cm³/mol. The van der Waals surface area contributed by atoms with Gasteiger partial charge in [0.05, 0.1) is 30.0 Å². The molecule has 1 unspecified atom stereocenters. The number of nitrogens with zero attached hydrogens (tertiary/aromatic N) is 5. The zero-order chi connectivity index (χ0) is 29.8. The number of aromatic nitrogens is 3. The number of fused-ring (bicyclic) bond motifs is 2. The average Bonchev–Trinajstić information content (AvgIpc) is 3.66. The number of benzene rings is 1. The molecule has 0 saturated heterocycles. The largest absolute Gasteiger partial charge is 0.434 e. The van der Waals surface area contributed by atoms with E-state index in [1.54, 1.807) is 34.8 Å². The Labute approximate surface area is 240 Å². The van der Waals surface area contributed by atoms with Crippen molar-refractivity contribution in [1.29, 1.82) is 0 Å². The topological polar surface area (TPSA) is 100 Å². The summed E-state index contributed by atoms with van der Waals surface area (Å²) in [4.78, 5) is 50.6. The number of pyridine rings is 1. The lowest BCUT2D eigenvalue weighted by molar-refractivity contribution is -0.141. The van der Waals surface area contributed by atoms with Gasteiger partial charge in [-0.05, 0) is 80.8 Å². The van der Waals surface area contributed by atoms with Crippen molar-refractivity contribution in [3.05, 3.63) is 82.2 Å². The van der Waals surface area contributed by atoms with E-state index in [0.717, 1.165) is 54.8 Å². The first kappa shape index (κ1) is 27.9. The molecule has 1 aromatic carbocycles. The third kappa shape index (κ3) is 4.92. The Morgan fingerprint density at radius 1 is 1.07 bits per heavy atom. The number of nitrogens with one attached hydrogen (secondary N) is 1. The number of imidazole rings is 1. The maximum atomic E-state index is 13.5. The van der Waals surface area contributed by atoms with E-state index in [1.807, 2.05) is 17.9 Å². The van der Waals surface area contributed by atoms with Gasteiger partial charge < -0.3 is 15.1 Å². The Morgan fingerprint density at radius 3 is 2.55 bits per heavy atom. The summed E-state index contributed by atoms with van der Waals surface area (Å²) in [5.41, 5.74) is 1.31. The maximum Gasteiger partial charge on any atom is 0.434 e. The summed E-state index contributed by atoms with van der Waals surface area (Å²) in [6, 6.07) is 7.36. The number of amides is 3. The SMILES string of the molecule is Cc1ncc2n1C(=O)N(C1CCC(N(C)C(=O)c3ccc4c(c3)C(NC(=O)c3cccnc3C(F)(F)F)CC4)CC1)C2. The summed E-state index contributed by atoms with van der Waals surface area (Å²) in [6.07, 6.45) is 2.27. The minimum absolute atomic E-state index is 0.0175. The fraction of sp³-hybridized carbons (Fsp3) is 0.433. The molecule has 1 saturated carbocycles. The van der Waals surface area contributed by atoms with Crippen LogP contribution in [0.5, 0.6) is 0 Å². The molecule has 3 aromatic rings. The van der Waals surface area contributed by atoms with Crippen molar-refractivity contribution in [3.8, 4) is 0 Å². The number of carbonyl (C=O) groups is 3. The van der Waals surface area contributed by atoms with Gasteiger partial charge in [-0.3, -0.25) is 19.1 Å². The molecule has 3 aliphatic rings. The standard InChI is InChI=1S/C30H31F3N6O3/c1-17-35-15-22-16-38(29(42)39(17)22)21-10-8-20(9-11-21)37(2)28(41)19-6-5-18-7-12-25(24(18)14-19)36-27(40)23-4-3-13-34-26(23)30(31,32)33/h3-6,13-15,20-21,25H,7-12,16H2,1-2H3,(H,36,40). The van der Waals surface area contributed by atoms with Gasteiger partial charge in [-0.15, -0.1) is 0 Å². The molecule has 42 heavy (non-hydrogen) atoms. The van der Waals surface area contributed by atoms with Crippen LogP contribution in [-0.4, -0.2) is 61.3 Å². The number of halogens is 3. The fourth-order valence-corrected chi connectivity index (χ4v) is 6.58. The van der Waals surface area contributed by atoms with Crippen molar-refractivity contribution in [2.24, 2.45) is 0 Å². The smallest absolute Gasteiger partial charge is 0.345 e. The highest BCUT2D eigenvalue weighted by atomic mass is 19.4. The van der Waals surface area contributed by atoms with Crippen LogP contribution in [-0.2, 0) is 19.1 Å². The van der Waals surface area contributed by atoms with Crippen LogP contribution < -0.4 is 5.32 Å². The average molecular weight is 581 g/mol. The molecule has 9 nitrogen and oxygen atoms in total. The van der Waals surface area contributed by atoms with E-state index in [-0.39, 0.29) is 24.0 Å². The lowest BCUT2D eigenvalue weighted by Gasteiger charge is -2.38. The van der Waals surface area contributed by atoms with Gasteiger partial charge in [0.2, 0.25) is 0 Å². The first-order valence-electron chi connectivity index (χ1n) is 14.1. The third-order valence-electron chi connectivity index (χ3n) is 8.85. The summed E-state index contributed by atoms with van der Waals surface area (Å²) >= 11 is 0. The molecule has 1 aliphatic heterocycles. The molecule has 2 aliphatic carbocycles. The van der Waals surface area contributed by atoms with Gasteiger partial charge >= 0.3 is 12.2 Å². The lowest BCUT2D eigenvalue weighted by atomic mass is 9.89. The Hall–Kier alpha value is -4.22. The van der Waals surface area contributed by atoms with Crippen molar-refractivity contribution in [2.75, 3.05) is 7.05 Å². The van der Waals surface area contributed by atoms with Crippen LogP contribution in [0.15, 0.2) is 42.7 Å². The van der Waals surface area contributed by atoms with Crippen LogP contribution in [0.4, 0.5) is 18.0 Å². The van der Waals surface area contributed by atoms with Crippen LogP contribution in [0.1, 0.15) is 87.2 Å². The van der Waals surface area contributed by atoms with Crippen LogP contribution in [0, 0.1) is 6.92 Å². The first-order valence-corrected chi connectivity index (χ1v) is 14.1. The normalized spacial score (nSPS) is 21.7. The number of rotatable bonds is 5. The van der Waals surface area contributed by atoms with Gasteiger partial charge in [-0.1, -0.05) is 6.07 Å². The molecule has 1 N–H and O–H groups in total. The quantitative estimate of drug-likeness (QED) is 0.463. The summed E-state index contributed by atoms with van der Waals surface area (Å²) in [5, 5.41) is 2.72. The van der Waals surface area contributed by atoms with Crippen molar-refractivity contribution in [1.82, 2.24) is 29.7 Å². The predicted octanol–water partition coefficient (Wildman–Crippen LogP) is 4.89. The second kappa shape index (κ2) is 10.6. The van der Waals surface area contributed by atoms with E-state index in [9.17, 15) is 27.6 Å². The van der Waals surface area contributed by atoms with Crippen molar-refractivity contribution in [3.63, 3.8) is 0 Å².